The Labute approximate surface area is 97.6 Å². The summed E-state index contributed by atoms with van der Waals surface area (Å²) in [7, 11) is 1.30. The monoisotopic (exact) mass is 233 g/mol. The van der Waals surface area contributed by atoms with E-state index in [4.69, 9.17) is 4.52 Å². The molecule has 0 saturated carbocycles. The van der Waals surface area contributed by atoms with Crippen molar-refractivity contribution in [1.82, 2.24) is 5.16 Å². The van der Waals surface area contributed by atoms with Crippen molar-refractivity contribution in [2.75, 3.05) is 7.11 Å². The molecule has 0 unspecified atom stereocenters. The van der Waals surface area contributed by atoms with E-state index < -0.39 is 5.97 Å². The van der Waals surface area contributed by atoms with E-state index in [0.29, 0.717) is 22.6 Å². The highest BCUT2D eigenvalue weighted by Crippen LogP contribution is 2.27. The summed E-state index contributed by atoms with van der Waals surface area (Å²) in [6.45, 7) is 1.64. The number of phenolic OH excluding ortho intramolecular Hbond substituents is 1. The van der Waals surface area contributed by atoms with Crippen LogP contribution in [0, 0.1) is 6.92 Å². The Kier molecular flexibility index (Phi) is 2.82. The van der Waals surface area contributed by atoms with E-state index in [1.807, 2.05) is 0 Å². The predicted molar refractivity (Wildman–Crippen MR) is 59.7 cm³/mol. The predicted octanol–water partition coefficient (Wildman–Crippen LogP) is 2.14. The number of ether oxygens (including phenoxy) is 1. The molecular weight excluding hydrogens is 222 g/mol. The van der Waals surface area contributed by atoms with Crippen LogP contribution in [-0.4, -0.2) is 23.3 Å². The molecule has 0 spiro atoms. The second-order valence-electron chi connectivity index (χ2n) is 3.50. The Morgan fingerprint density at radius 3 is 2.59 bits per heavy atom. The third-order valence-corrected chi connectivity index (χ3v) is 2.39. The summed E-state index contributed by atoms with van der Waals surface area (Å²) in [5.74, 6) is 0.0559. The summed E-state index contributed by atoms with van der Waals surface area (Å²) in [4.78, 5) is 11.6. The van der Waals surface area contributed by atoms with Crippen LogP contribution in [0.15, 0.2) is 28.8 Å². The summed E-state index contributed by atoms with van der Waals surface area (Å²) in [5.41, 5.74) is 1.40. The molecule has 1 aromatic heterocycles. The van der Waals surface area contributed by atoms with Crippen molar-refractivity contribution in [2.45, 2.75) is 6.92 Å². The van der Waals surface area contributed by atoms with E-state index in [9.17, 15) is 9.90 Å². The lowest BCUT2D eigenvalue weighted by Gasteiger charge is -2.00. The molecule has 0 fully saturated rings. The first kappa shape index (κ1) is 11.2. The molecule has 2 rings (SSSR count). The number of nitrogens with zero attached hydrogens (tertiary/aromatic N) is 1. The van der Waals surface area contributed by atoms with Gasteiger partial charge in [-0.15, -0.1) is 0 Å². The van der Waals surface area contributed by atoms with E-state index in [-0.39, 0.29) is 5.75 Å². The van der Waals surface area contributed by atoms with E-state index in [2.05, 4.69) is 9.89 Å². The zero-order chi connectivity index (χ0) is 12.4. The summed E-state index contributed by atoms with van der Waals surface area (Å²) in [6, 6.07) is 6.33. The fourth-order valence-electron chi connectivity index (χ4n) is 1.53. The third kappa shape index (κ3) is 1.99. The van der Waals surface area contributed by atoms with Crippen LogP contribution >= 0.6 is 0 Å². The second-order valence-corrected chi connectivity index (χ2v) is 3.50. The Bertz CT molecular complexity index is 542. The zero-order valence-corrected chi connectivity index (χ0v) is 9.43. The Morgan fingerprint density at radius 1 is 1.35 bits per heavy atom. The number of benzene rings is 1. The van der Waals surface area contributed by atoms with E-state index in [1.165, 1.54) is 19.2 Å². The van der Waals surface area contributed by atoms with E-state index in [0.717, 1.165) is 0 Å². The lowest BCUT2D eigenvalue weighted by atomic mass is 10.1. The Hall–Kier alpha value is -2.30. The molecule has 5 heteroatoms. The maximum Gasteiger partial charge on any atom is 0.343 e. The number of carbonyl (C=O) groups excluding carboxylic acids is 1. The number of aromatic nitrogens is 1. The van der Waals surface area contributed by atoms with Gasteiger partial charge < -0.3 is 14.4 Å². The number of methoxy groups -OCH3 is 1. The average molecular weight is 233 g/mol. The van der Waals surface area contributed by atoms with Gasteiger partial charge in [-0.2, -0.15) is 0 Å². The van der Waals surface area contributed by atoms with Crippen LogP contribution in [0.25, 0.3) is 11.3 Å². The fourth-order valence-corrected chi connectivity index (χ4v) is 1.53. The smallest absolute Gasteiger partial charge is 0.343 e. The van der Waals surface area contributed by atoms with Crippen LogP contribution in [0.4, 0.5) is 0 Å². The minimum Gasteiger partial charge on any atom is -0.508 e. The van der Waals surface area contributed by atoms with E-state index >= 15 is 0 Å². The van der Waals surface area contributed by atoms with Gasteiger partial charge in [0.25, 0.3) is 0 Å². The molecule has 0 aliphatic carbocycles. The Morgan fingerprint density at radius 2 is 2.00 bits per heavy atom. The largest absolute Gasteiger partial charge is 0.508 e. The van der Waals surface area contributed by atoms with Gasteiger partial charge in [0.2, 0.25) is 0 Å². The number of rotatable bonds is 2. The third-order valence-electron chi connectivity index (χ3n) is 2.39. The van der Waals surface area contributed by atoms with Crippen LogP contribution in [0.3, 0.4) is 0 Å². The molecule has 0 atom stereocenters. The van der Waals surface area contributed by atoms with Gasteiger partial charge in [0.05, 0.1) is 7.11 Å². The molecule has 5 nitrogen and oxygen atoms in total. The van der Waals surface area contributed by atoms with Crippen LogP contribution in [-0.2, 0) is 4.74 Å². The molecule has 1 heterocycles. The quantitative estimate of drug-likeness (QED) is 0.804. The normalized spacial score (nSPS) is 10.2. The minimum absolute atomic E-state index is 0.147. The maximum absolute atomic E-state index is 11.6. The Balaban J connectivity index is 2.52. The number of carbonyl (C=O) groups is 1. The van der Waals surface area contributed by atoms with Crippen LogP contribution in [0.2, 0.25) is 0 Å². The summed E-state index contributed by atoms with van der Waals surface area (Å²) in [5, 5.41) is 13.0. The van der Waals surface area contributed by atoms with Gasteiger partial charge in [0.1, 0.15) is 22.8 Å². The highest BCUT2D eigenvalue weighted by atomic mass is 16.5. The topological polar surface area (TPSA) is 72.6 Å². The number of aromatic hydroxyl groups is 1. The second kappa shape index (κ2) is 4.29. The van der Waals surface area contributed by atoms with Gasteiger partial charge in [-0.05, 0) is 31.2 Å². The number of hydrogen-bond acceptors (Lipinski definition) is 5. The van der Waals surface area contributed by atoms with Crippen molar-refractivity contribution >= 4 is 5.97 Å². The van der Waals surface area contributed by atoms with Gasteiger partial charge in [-0.3, -0.25) is 0 Å². The van der Waals surface area contributed by atoms with Crippen molar-refractivity contribution in [2.24, 2.45) is 0 Å². The van der Waals surface area contributed by atoms with Crippen molar-refractivity contribution < 1.29 is 19.2 Å². The van der Waals surface area contributed by atoms with Gasteiger partial charge in [-0.1, -0.05) is 5.16 Å². The van der Waals surface area contributed by atoms with Gasteiger partial charge in [-0.25, -0.2) is 4.79 Å². The van der Waals surface area contributed by atoms with Crippen molar-refractivity contribution in [3.8, 4) is 17.0 Å². The number of phenols is 1. The van der Waals surface area contributed by atoms with E-state index in [1.54, 1.807) is 19.1 Å². The molecule has 1 N–H and O–H groups in total. The van der Waals surface area contributed by atoms with Crippen LogP contribution in [0.5, 0.6) is 5.75 Å². The number of esters is 1. The molecule has 2 aromatic rings. The molecule has 1 aromatic carbocycles. The molecule has 88 valence electrons. The first-order valence-corrected chi connectivity index (χ1v) is 4.97. The molecule has 17 heavy (non-hydrogen) atoms. The molecule has 0 saturated heterocycles. The van der Waals surface area contributed by atoms with Crippen molar-refractivity contribution in [1.29, 1.82) is 0 Å². The van der Waals surface area contributed by atoms with Gasteiger partial charge in [0.15, 0.2) is 0 Å². The maximum atomic E-state index is 11.6. The van der Waals surface area contributed by atoms with Gasteiger partial charge >= 0.3 is 5.97 Å². The first-order chi connectivity index (χ1) is 8.13. The number of hydrogen-bond donors (Lipinski definition) is 1. The fraction of sp³-hybridized carbons (Fsp3) is 0.167. The average Bonchev–Trinajstić information content (AvgIpc) is 2.71. The zero-order valence-electron chi connectivity index (χ0n) is 9.43. The molecule has 0 radical (unpaired) electrons. The van der Waals surface area contributed by atoms with Gasteiger partial charge in [0, 0.05) is 5.56 Å². The van der Waals surface area contributed by atoms with Crippen LogP contribution in [0.1, 0.15) is 16.1 Å². The van der Waals surface area contributed by atoms with Crippen molar-refractivity contribution in [3.05, 3.63) is 35.6 Å². The van der Waals surface area contributed by atoms with Crippen LogP contribution < -0.4 is 0 Å². The van der Waals surface area contributed by atoms with Crippen molar-refractivity contribution in [3.63, 3.8) is 0 Å². The lowest BCUT2D eigenvalue weighted by Crippen LogP contribution is -2.03. The minimum atomic E-state index is -0.494. The number of aryl methyl sites for hydroxylation is 1. The highest BCUT2D eigenvalue weighted by Gasteiger charge is 2.21. The summed E-state index contributed by atoms with van der Waals surface area (Å²) >= 11 is 0. The summed E-state index contributed by atoms with van der Waals surface area (Å²) in [6.07, 6.45) is 0. The standard InChI is InChI=1S/C12H11NO4/c1-7-10(12(15)16-2)11(13-17-7)8-3-5-9(14)6-4-8/h3-6,14H,1-2H3. The lowest BCUT2D eigenvalue weighted by molar-refractivity contribution is 0.0599. The molecule has 0 amide bonds. The summed E-state index contributed by atoms with van der Waals surface area (Å²) < 4.78 is 9.66. The molecule has 0 aliphatic heterocycles. The first-order valence-electron chi connectivity index (χ1n) is 4.97. The SMILES string of the molecule is COC(=O)c1c(-c2ccc(O)cc2)noc1C. The molecular formula is C12H11NO4. The molecule has 0 bridgehead atoms. The highest BCUT2D eigenvalue weighted by molar-refractivity contribution is 5.96. The molecule has 0 aliphatic rings.